The topological polar surface area (TPSA) is 38.9 Å². The van der Waals surface area contributed by atoms with Crippen LogP contribution in [0, 0.1) is 20.8 Å². The summed E-state index contributed by atoms with van der Waals surface area (Å²) in [7, 11) is 0. The van der Waals surface area contributed by atoms with Gasteiger partial charge in [0.15, 0.2) is 0 Å². The van der Waals surface area contributed by atoms with E-state index in [1.165, 1.54) is 10.3 Å². The van der Waals surface area contributed by atoms with Gasteiger partial charge in [0.2, 0.25) is 0 Å². The molecule has 2 aromatic heterocycles. The lowest BCUT2D eigenvalue weighted by Gasteiger charge is -1.91. The first-order chi connectivity index (χ1) is 8.16. The molecule has 4 heteroatoms. The van der Waals surface area contributed by atoms with Gasteiger partial charge in [-0.15, -0.1) is 11.3 Å². The van der Waals surface area contributed by atoms with Gasteiger partial charge in [-0.2, -0.15) is 0 Å². The Labute approximate surface area is 103 Å². The number of thiazole rings is 1. The molecule has 0 fully saturated rings. The first-order valence-electron chi connectivity index (χ1n) is 5.46. The molecule has 0 N–H and O–H groups in total. The second-order valence-corrected chi connectivity index (χ2v) is 5.14. The van der Waals surface area contributed by atoms with E-state index >= 15 is 0 Å². The standard InChI is InChI=1S/C13H12N2OS/c1-7-5-4-6-10-12(7)17-13(14-10)11-8(2)15-16-9(11)3/h4-6H,1-3H3. The number of hydrogen-bond donors (Lipinski definition) is 0. The highest BCUT2D eigenvalue weighted by Gasteiger charge is 2.16. The third kappa shape index (κ3) is 1.56. The monoisotopic (exact) mass is 244 g/mol. The quantitative estimate of drug-likeness (QED) is 0.652. The molecule has 0 saturated carbocycles. The number of hydrogen-bond acceptors (Lipinski definition) is 4. The zero-order valence-electron chi connectivity index (χ0n) is 9.94. The van der Waals surface area contributed by atoms with E-state index < -0.39 is 0 Å². The fourth-order valence-electron chi connectivity index (χ4n) is 1.98. The maximum absolute atomic E-state index is 5.19. The molecule has 86 valence electrons. The molecule has 0 amide bonds. The van der Waals surface area contributed by atoms with Crippen LogP contribution in [0.15, 0.2) is 22.7 Å². The third-order valence-corrected chi connectivity index (χ3v) is 4.08. The van der Waals surface area contributed by atoms with Gasteiger partial charge in [-0.05, 0) is 32.4 Å². The fraction of sp³-hybridized carbons (Fsp3) is 0.231. The van der Waals surface area contributed by atoms with Crippen molar-refractivity contribution in [3.63, 3.8) is 0 Å². The number of rotatable bonds is 1. The number of aromatic nitrogens is 2. The Hall–Kier alpha value is -1.68. The second-order valence-electron chi connectivity index (χ2n) is 4.14. The summed E-state index contributed by atoms with van der Waals surface area (Å²) in [5, 5.41) is 4.97. The van der Waals surface area contributed by atoms with Gasteiger partial charge >= 0.3 is 0 Å². The highest BCUT2D eigenvalue weighted by atomic mass is 32.1. The Morgan fingerprint density at radius 3 is 2.65 bits per heavy atom. The molecule has 0 radical (unpaired) electrons. The number of nitrogens with zero attached hydrogens (tertiary/aromatic N) is 2. The van der Waals surface area contributed by atoms with Gasteiger partial charge in [0.25, 0.3) is 0 Å². The number of aryl methyl sites for hydroxylation is 3. The normalized spacial score (nSPS) is 11.2. The van der Waals surface area contributed by atoms with Gasteiger partial charge in [0, 0.05) is 0 Å². The lowest BCUT2D eigenvalue weighted by atomic mass is 10.2. The molecule has 1 aromatic carbocycles. The van der Waals surface area contributed by atoms with E-state index in [1.54, 1.807) is 11.3 Å². The van der Waals surface area contributed by atoms with E-state index in [0.29, 0.717) is 0 Å². The van der Waals surface area contributed by atoms with Crippen molar-refractivity contribution in [2.75, 3.05) is 0 Å². The van der Waals surface area contributed by atoms with Crippen LogP contribution in [-0.2, 0) is 0 Å². The SMILES string of the molecule is Cc1noc(C)c1-c1nc2cccc(C)c2s1. The van der Waals surface area contributed by atoms with Crippen molar-refractivity contribution in [2.45, 2.75) is 20.8 Å². The van der Waals surface area contributed by atoms with Crippen LogP contribution in [0.5, 0.6) is 0 Å². The van der Waals surface area contributed by atoms with Crippen LogP contribution in [0.3, 0.4) is 0 Å². The summed E-state index contributed by atoms with van der Waals surface area (Å²) in [4.78, 5) is 4.66. The number of benzene rings is 1. The molecule has 2 heterocycles. The van der Waals surface area contributed by atoms with E-state index in [1.807, 2.05) is 26.0 Å². The lowest BCUT2D eigenvalue weighted by Crippen LogP contribution is -1.79. The summed E-state index contributed by atoms with van der Waals surface area (Å²) >= 11 is 1.70. The van der Waals surface area contributed by atoms with Crippen molar-refractivity contribution in [3.05, 3.63) is 35.2 Å². The smallest absolute Gasteiger partial charge is 0.144 e. The van der Waals surface area contributed by atoms with Gasteiger partial charge < -0.3 is 4.52 Å². The largest absolute Gasteiger partial charge is 0.361 e. The summed E-state index contributed by atoms with van der Waals surface area (Å²) in [6.45, 7) is 5.98. The maximum atomic E-state index is 5.19. The lowest BCUT2D eigenvalue weighted by molar-refractivity contribution is 0.393. The molecule has 3 aromatic rings. The summed E-state index contributed by atoms with van der Waals surface area (Å²) in [5.74, 6) is 0.833. The van der Waals surface area contributed by atoms with Crippen LogP contribution in [-0.4, -0.2) is 10.1 Å². The molecular formula is C13H12N2OS. The highest BCUT2D eigenvalue weighted by Crippen LogP contribution is 2.35. The minimum Gasteiger partial charge on any atom is -0.361 e. The summed E-state index contributed by atoms with van der Waals surface area (Å²) < 4.78 is 6.43. The van der Waals surface area contributed by atoms with Gasteiger partial charge in [-0.1, -0.05) is 17.3 Å². The molecule has 0 aliphatic rings. The van der Waals surface area contributed by atoms with Gasteiger partial charge in [0.05, 0.1) is 21.5 Å². The predicted octanol–water partition coefficient (Wildman–Crippen LogP) is 3.88. The van der Waals surface area contributed by atoms with Crippen LogP contribution < -0.4 is 0 Å². The predicted molar refractivity (Wildman–Crippen MR) is 69.3 cm³/mol. The second kappa shape index (κ2) is 3.67. The van der Waals surface area contributed by atoms with Crippen LogP contribution >= 0.6 is 11.3 Å². The van der Waals surface area contributed by atoms with Crippen LogP contribution in [0.1, 0.15) is 17.0 Å². The number of fused-ring (bicyclic) bond motifs is 1. The van der Waals surface area contributed by atoms with Gasteiger partial charge in [0.1, 0.15) is 10.8 Å². The van der Waals surface area contributed by atoms with E-state index in [2.05, 4.69) is 23.1 Å². The van der Waals surface area contributed by atoms with Crippen molar-refractivity contribution in [1.82, 2.24) is 10.1 Å². The van der Waals surface area contributed by atoms with E-state index in [0.717, 1.165) is 27.5 Å². The van der Waals surface area contributed by atoms with Crippen LogP contribution in [0.4, 0.5) is 0 Å². The molecule has 17 heavy (non-hydrogen) atoms. The first kappa shape index (κ1) is 10.5. The van der Waals surface area contributed by atoms with Crippen molar-refractivity contribution >= 4 is 21.6 Å². The zero-order valence-corrected chi connectivity index (χ0v) is 10.8. The molecular weight excluding hydrogens is 232 g/mol. The van der Waals surface area contributed by atoms with E-state index in [9.17, 15) is 0 Å². The first-order valence-corrected chi connectivity index (χ1v) is 6.28. The molecule has 0 saturated heterocycles. The molecule has 3 rings (SSSR count). The van der Waals surface area contributed by atoms with Crippen LogP contribution in [0.25, 0.3) is 20.8 Å². The Morgan fingerprint density at radius 1 is 1.18 bits per heavy atom. The van der Waals surface area contributed by atoms with Crippen LogP contribution in [0.2, 0.25) is 0 Å². The fourth-order valence-corrected chi connectivity index (χ4v) is 3.16. The van der Waals surface area contributed by atoms with E-state index in [-0.39, 0.29) is 0 Å². The minimum atomic E-state index is 0.833. The average molecular weight is 244 g/mol. The van der Waals surface area contributed by atoms with Crippen molar-refractivity contribution in [2.24, 2.45) is 0 Å². The molecule has 0 bridgehead atoms. The maximum Gasteiger partial charge on any atom is 0.144 e. The van der Waals surface area contributed by atoms with Crippen molar-refractivity contribution < 1.29 is 4.52 Å². The van der Waals surface area contributed by atoms with Crippen molar-refractivity contribution in [3.8, 4) is 10.6 Å². The Bertz CT molecular complexity index is 677. The zero-order chi connectivity index (χ0) is 12.0. The summed E-state index contributed by atoms with van der Waals surface area (Å²) in [5.41, 5.74) is 4.24. The molecule has 0 spiro atoms. The molecule has 0 aliphatic carbocycles. The van der Waals surface area contributed by atoms with Gasteiger partial charge in [-0.25, -0.2) is 4.98 Å². The molecule has 3 nitrogen and oxygen atoms in total. The third-order valence-electron chi connectivity index (χ3n) is 2.86. The molecule has 0 atom stereocenters. The average Bonchev–Trinajstić information content (AvgIpc) is 2.84. The Kier molecular flexibility index (Phi) is 2.26. The summed E-state index contributed by atoms with van der Waals surface area (Å²) in [6.07, 6.45) is 0. The summed E-state index contributed by atoms with van der Waals surface area (Å²) in [6, 6.07) is 6.19. The highest BCUT2D eigenvalue weighted by molar-refractivity contribution is 7.21. The minimum absolute atomic E-state index is 0.833. The molecule has 0 unspecified atom stereocenters. The van der Waals surface area contributed by atoms with Gasteiger partial charge in [-0.3, -0.25) is 0 Å². The Balaban J connectivity index is 2.29. The van der Waals surface area contributed by atoms with Crippen molar-refractivity contribution in [1.29, 1.82) is 0 Å². The Morgan fingerprint density at radius 2 is 2.00 bits per heavy atom. The van der Waals surface area contributed by atoms with E-state index in [4.69, 9.17) is 4.52 Å². The molecule has 0 aliphatic heterocycles.